The molecule has 0 radical (unpaired) electrons. The highest BCUT2D eigenvalue weighted by Crippen LogP contribution is 2.30. The lowest BCUT2D eigenvalue weighted by Crippen LogP contribution is -2.49. The molecule has 2 aliphatic rings. The van der Waals surface area contributed by atoms with Crippen LogP contribution in [0.15, 0.2) is 24.3 Å². The summed E-state index contributed by atoms with van der Waals surface area (Å²) >= 11 is 0. The number of ether oxygens (including phenoxy) is 2. The van der Waals surface area contributed by atoms with Crippen molar-refractivity contribution in [1.82, 2.24) is 5.32 Å². The van der Waals surface area contributed by atoms with Crippen molar-refractivity contribution in [3.8, 4) is 0 Å². The number of carbonyl (C=O) groups excluding carboxylic acids is 1. The molecule has 0 saturated carbocycles. The van der Waals surface area contributed by atoms with Gasteiger partial charge in [-0.2, -0.15) is 0 Å². The second kappa shape index (κ2) is 7.96. The maximum absolute atomic E-state index is 12.7. The molecule has 0 bridgehead atoms. The number of para-hydroxylation sites is 1. The Kier molecular flexibility index (Phi) is 5.71. The van der Waals surface area contributed by atoms with Gasteiger partial charge in [-0.25, -0.2) is 0 Å². The monoisotopic (exact) mass is 333 g/mol. The Hall–Kier alpha value is -1.63. The van der Waals surface area contributed by atoms with Crippen molar-refractivity contribution in [3.05, 3.63) is 29.8 Å². The minimum Gasteiger partial charge on any atom is -0.381 e. The van der Waals surface area contributed by atoms with Crippen LogP contribution in [0.4, 0.5) is 5.69 Å². The van der Waals surface area contributed by atoms with Crippen LogP contribution in [0.3, 0.4) is 0 Å². The molecular formula is C18H27N3O3. The number of rotatable bonds is 5. The first kappa shape index (κ1) is 17.2. The summed E-state index contributed by atoms with van der Waals surface area (Å²) in [6, 6.07) is 8.23. The van der Waals surface area contributed by atoms with E-state index in [2.05, 4.69) is 22.3 Å². The summed E-state index contributed by atoms with van der Waals surface area (Å²) in [5, 5.41) is 3.11. The summed E-state index contributed by atoms with van der Waals surface area (Å²) < 4.78 is 10.8. The predicted octanol–water partition coefficient (Wildman–Crippen LogP) is 0.895. The van der Waals surface area contributed by atoms with Crippen LogP contribution >= 0.6 is 0 Å². The maximum Gasteiger partial charge on any atom is 0.227 e. The van der Waals surface area contributed by atoms with Crippen molar-refractivity contribution in [2.75, 3.05) is 51.0 Å². The maximum atomic E-state index is 12.7. The third-order valence-electron chi connectivity index (χ3n) is 5.11. The lowest BCUT2D eigenvalue weighted by molar-refractivity contribution is -0.136. The summed E-state index contributed by atoms with van der Waals surface area (Å²) in [7, 11) is 0. The van der Waals surface area contributed by atoms with Crippen LogP contribution in [0.1, 0.15) is 18.4 Å². The zero-order valence-electron chi connectivity index (χ0n) is 14.1. The molecule has 2 saturated heterocycles. The van der Waals surface area contributed by atoms with Gasteiger partial charge in [-0.1, -0.05) is 18.2 Å². The van der Waals surface area contributed by atoms with E-state index in [0.29, 0.717) is 39.1 Å². The van der Waals surface area contributed by atoms with Gasteiger partial charge in [0.05, 0.1) is 18.6 Å². The average molecular weight is 333 g/mol. The average Bonchev–Trinajstić information content (AvgIpc) is 2.67. The Morgan fingerprint density at radius 2 is 1.79 bits per heavy atom. The highest BCUT2D eigenvalue weighted by Gasteiger charge is 2.38. The van der Waals surface area contributed by atoms with Crippen LogP contribution < -0.4 is 16.0 Å². The van der Waals surface area contributed by atoms with Crippen LogP contribution in [0.2, 0.25) is 0 Å². The molecule has 2 heterocycles. The Labute approximate surface area is 143 Å². The lowest BCUT2D eigenvalue weighted by Gasteiger charge is -2.35. The lowest BCUT2D eigenvalue weighted by atomic mass is 9.79. The molecule has 1 amide bonds. The third kappa shape index (κ3) is 3.71. The van der Waals surface area contributed by atoms with Gasteiger partial charge in [-0.15, -0.1) is 0 Å². The van der Waals surface area contributed by atoms with Gasteiger partial charge in [-0.3, -0.25) is 4.79 Å². The van der Waals surface area contributed by atoms with Crippen molar-refractivity contribution in [2.45, 2.75) is 19.4 Å². The van der Waals surface area contributed by atoms with Crippen LogP contribution in [0, 0.1) is 5.41 Å². The molecule has 1 aromatic rings. The predicted molar refractivity (Wildman–Crippen MR) is 92.9 cm³/mol. The van der Waals surface area contributed by atoms with E-state index in [1.807, 2.05) is 12.1 Å². The van der Waals surface area contributed by atoms with Crippen molar-refractivity contribution in [1.29, 1.82) is 0 Å². The summed E-state index contributed by atoms with van der Waals surface area (Å²) in [5.41, 5.74) is 7.74. The molecule has 0 aromatic heterocycles. The molecule has 1 aromatic carbocycles. The van der Waals surface area contributed by atoms with E-state index >= 15 is 0 Å². The van der Waals surface area contributed by atoms with Crippen molar-refractivity contribution in [2.24, 2.45) is 11.1 Å². The second-order valence-corrected chi connectivity index (χ2v) is 6.51. The molecule has 3 rings (SSSR count). The van der Waals surface area contributed by atoms with Crippen LogP contribution in [0.5, 0.6) is 0 Å². The summed E-state index contributed by atoms with van der Waals surface area (Å²) in [6.45, 7) is 5.37. The largest absolute Gasteiger partial charge is 0.381 e. The topological polar surface area (TPSA) is 76.8 Å². The standard InChI is InChI=1S/C18H27N3O3/c19-14-18(5-9-23-10-6-18)17(22)20-13-15-3-1-2-4-16(15)21-7-11-24-12-8-21/h1-4H,5-14,19H2,(H,20,22). The van der Waals surface area contributed by atoms with E-state index in [-0.39, 0.29) is 5.91 Å². The minimum absolute atomic E-state index is 0.0464. The summed E-state index contributed by atoms with van der Waals surface area (Å²) in [4.78, 5) is 15.0. The van der Waals surface area contributed by atoms with Gasteiger partial charge < -0.3 is 25.4 Å². The Bertz CT molecular complexity index is 552. The van der Waals surface area contributed by atoms with Crippen LogP contribution in [0.25, 0.3) is 0 Å². The number of hydrogen-bond acceptors (Lipinski definition) is 5. The number of anilines is 1. The first-order valence-corrected chi connectivity index (χ1v) is 8.72. The van der Waals surface area contributed by atoms with Crippen LogP contribution in [-0.4, -0.2) is 52.0 Å². The number of nitrogens with one attached hydrogen (secondary N) is 1. The third-order valence-corrected chi connectivity index (χ3v) is 5.11. The molecule has 6 heteroatoms. The molecule has 0 unspecified atom stereocenters. The molecule has 2 fully saturated rings. The van der Waals surface area contributed by atoms with E-state index in [9.17, 15) is 4.79 Å². The zero-order valence-corrected chi connectivity index (χ0v) is 14.1. The number of hydrogen-bond donors (Lipinski definition) is 2. The molecule has 0 spiro atoms. The van der Waals surface area contributed by atoms with Crippen molar-refractivity contribution < 1.29 is 14.3 Å². The number of nitrogens with zero attached hydrogens (tertiary/aromatic N) is 1. The second-order valence-electron chi connectivity index (χ2n) is 6.51. The van der Waals surface area contributed by atoms with E-state index in [1.165, 1.54) is 5.69 Å². The zero-order chi connectivity index (χ0) is 16.8. The molecule has 6 nitrogen and oxygen atoms in total. The Morgan fingerprint density at radius 3 is 2.50 bits per heavy atom. The van der Waals surface area contributed by atoms with Crippen molar-refractivity contribution >= 4 is 11.6 Å². The minimum atomic E-state index is -0.480. The fourth-order valence-electron chi connectivity index (χ4n) is 3.42. The number of morpholine rings is 1. The van der Waals surface area contributed by atoms with E-state index in [1.54, 1.807) is 0 Å². The molecule has 0 aliphatic carbocycles. The van der Waals surface area contributed by atoms with E-state index in [0.717, 1.165) is 31.9 Å². The first-order valence-electron chi connectivity index (χ1n) is 8.72. The molecule has 2 aliphatic heterocycles. The molecule has 3 N–H and O–H groups in total. The quantitative estimate of drug-likeness (QED) is 0.837. The number of nitrogens with two attached hydrogens (primary N) is 1. The van der Waals surface area contributed by atoms with E-state index in [4.69, 9.17) is 15.2 Å². The fourth-order valence-corrected chi connectivity index (χ4v) is 3.42. The number of benzene rings is 1. The number of carbonyl (C=O) groups is 1. The van der Waals surface area contributed by atoms with Gasteiger partial charge >= 0.3 is 0 Å². The van der Waals surface area contributed by atoms with E-state index < -0.39 is 5.41 Å². The molecular weight excluding hydrogens is 306 g/mol. The van der Waals surface area contributed by atoms with Gasteiger partial charge in [0.15, 0.2) is 0 Å². The normalized spacial score (nSPS) is 20.6. The SMILES string of the molecule is NCC1(C(=O)NCc2ccccc2N2CCOCC2)CCOCC1. The number of amides is 1. The van der Waals surface area contributed by atoms with Gasteiger partial charge in [-0.05, 0) is 24.5 Å². The summed E-state index contributed by atoms with van der Waals surface area (Å²) in [5.74, 6) is 0.0464. The highest BCUT2D eigenvalue weighted by molar-refractivity contribution is 5.83. The smallest absolute Gasteiger partial charge is 0.227 e. The van der Waals surface area contributed by atoms with Gasteiger partial charge in [0, 0.05) is 45.1 Å². The first-order chi connectivity index (χ1) is 11.7. The van der Waals surface area contributed by atoms with Gasteiger partial charge in [0.25, 0.3) is 0 Å². The summed E-state index contributed by atoms with van der Waals surface area (Å²) in [6.07, 6.45) is 1.39. The molecule has 132 valence electrons. The van der Waals surface area contributed by atoms with Gasteiger partial charge in [0.1, 0.15) is 0 Å². The fraction of sp³-hybridized carbons (Fsp3) is 0.611. The molecule has 0 atom stereocenters. The van der Waals surface area contributed by atoms with Crippen molar-refractivity contribution in [3.63, 3.8) is 0 Å². The molecule has 24 heavy (non-hydrogen) atoms. The van der Waals surface area contributed by atoms with Crippen LogP contribution in [-0.2, 0) is 20.8 Å². The Balaban J connectivity index is 1.66. The van der Waals surface area contributed by atoms with Gasteiger partial charge in [0.2, 0.25) is 5.91 Å². The highest BCUT2D eigenvalue weighted by atomic mass is 16.5. The Morgan fingerprint density at radius 1 is 1.12 bits per heavy atom.